The Morgan fingerprint density at radius 3 is 2.29 bits per heavy atom. The molecule has 0 amide bonds. The molecule has 0 unspecified atom stereocenters. The second-order valence-electron chi connectivity index (χ2n) is 3.74. The third-order valence-electron chi connectivity index (χ3n) is 2.95. The van der Waals surface area contributed by atoms with Gasteiger partial charge in [0.15, 0.2) is 0 Å². The Bertz CT molecular complexity index is 298. The van der Waals surface area contributed by atoms with Crippen LogP contribution in [0.3, 0.4) is 0 Å². The largest absolute Gasteiger partial charge is 0.384 e. The highest BCUT2D eigenvalue weighted by Gasteiger charge is 2.18. The lowest BCUT2D eigenvalue weighted by Gasteiger charge is -2.10. The smallest absolute Gasteiger partial charge is 0.124 e. The van der Waals surface area contributed by atoms with Crippen LogP contribution >= 0.6 is 0 Å². The average molecular weight is 195 g/mol. The fourth-order valence-electron chi connectivity index (χ4n) is 1.97. The van der Waals surface area contributed by atoms with Crippen LogP contribution in [0.1, 0.15) is 50.8 Å². The van der Waals surface area contributed by atoms with E-state index in [0.29, 0.717) is 5.92 Å². The molecule has 1 aromatic rings. The van der Waals surface area contributed by atoms with Gasteiger partial charge in [0.2, 0.25) is 0 Å². The highest BCUT2D eigenvalue weighted by molar-refractivity contribution is 5.44. The molecule has 0 aromatic carbocycles. The molecule has 0 atom stereocenters. The molecule has 3 heteroatoms. The van der Waals surface area contributed by atoms with Crippen molar-refractivity contribution in [1.82, 2.24) is 9.78 Å². The number of nitrogen functional groups attached to an aromatic ring is 1. The van der Waals surface area contributed by atoms with E-state index >= 15 is 0 Å². The van der Waals surface area contributed by atoms with Gasteiger partial charge >= 0.3 is 0 Å². The minimum Gasteiger partial charge on any atom is -0.384 e. The van der Waals surface area contributed by atoms with Gasteiger partial charge in [-0.1, -0.05) is 20.8 Å². The highest BCUT2D eigenvalue weighted by Crippen LogP contribution is 2.28. The van der Waals surface area contributed by atoms with Crippen LogP contribution in [-0.2, 0) is 13.5 Å². The van der Waals surface area contributed by atoms with Crippen molar-refractivity contribution in [2.75, 3.05) is 5.73 Å². The van der Waals surface area contributed by atoms with Gasteiger partial charge in [-0.25, -0.2) is 0 Å². The summed E-state index contributed by atoms with van der Waals surface area (Å²) in [6, 6.07) is 0. The van der Waals surface area contributed by atoms with Gasteiger partial charge in [-0.05, 0) is 19.3 Å². The second-order valence-corrected chi connectivity index (χ2v) is 3.74. The maximum atomic E-state index is 5.96. The Kier molecular flexibility index (Phi) is 3.55. The Balaban J connectivity index is 3.12. The first-order valence-corrected chi connectivity index (χ1v) is 5.46. The maximum Gasteiger partial charge on any atom is 0.124 e. The molecule has 0 aliphatic heterocycles. The Morgan fingerprint density at radius 1 is 1.29 bits per heavy atom. The minimum atomic E-state index is 0.563. The van der Waals surface area contributed by atoms with Crippen molar-refractivity contribution in [3.05, 3.63) is 11.3 Å². The van der Waals surface area contributed by atoms with E-state index in [9.17, 15) is 0 Å². The van der Waals surface area contributed by atoms with Crippen molar-refractivity contribution in [3.63, 3.8) is 0 Å². The highest BCUT2D eigenvalue weighted by atomic mass is 15.3. The van der Waals surface area contributed by atoms with E-state index in [4.69, 9.17) is 5.73 Å². The van der Waals surface area contributed by atoms with Gasteiger partial charge in [0, 0.05) is 18.5 Å². The number of nitrogens with two attached hydrogens (primary N) is 1. The average Bonchev–Trinajstić information content (AvgIpc) is 2.45. The first-order valence-electron chi connectivity index (χ1n) is 5.46. The zero-order chi connectivity index (χ0) is 10.7. The number of nitrogens with zero attached hydrogens (tertiary/aromatic N) is 2. The van der Waals surface area contributed by atoms with Gasteiger partial charge in [0.05, 0.1) is 5.69 Å². The van der Waals surface area contributed by atoms with Crippen molar-refractivity contribution >= 4 is 5.82 Å². The number of rotatable bonds is 4. The molecular formula is C11H21N3. The van der Waals surface area contributed by atoms with Gasteiger partial charge in [-0.2, -0.15) is 5.10 Å². The fourth-order valence-corrected chi connectivity index (χ4v) is 1.97. The van der Waals surface area contributed by atoms with E-state index in [1.165, 1.54) is 11.3 Å². The van der Waals surface area contributed by atoms with Gasteiger partial charge in [0.1, 0.15) is 5.82 Å². The first kappa shape index (κ1) is 11.1. The van der Waals surface area contributed by atoms with Gasteiger partial charge in [-0.3, -0.25) is 4.68 Å². The van der Waals surface area contributed by atoms with Crippen LogP contribution in [0, 0.1) is 0 Å². The summed E-state index contributed by atoms with van der Waals surface area (Å²) in [5, 5.41) is 4.51. The van der Waals surface area contributed by atoms with E-state index in [0.717, 1.165) is 25.1 Å². The van der Waals surface area contributed by atoms with Crippen LogP contribution in [0.25, 0.3) is 0 Å². The third-order valence-corrected chi connectivity index (χ3v) is 2.95. The lowest BCUT2D eigenvalue weighted by Crippen LogP contribution is -2.00. The molecule has 0 aliphatic rings. The number of hydrogen-bond donors (Lipinski definition) is 1. The van der Waals surface area contributed by atoms with Crippen molar-refractivity contribution in [2.24, 2.45) is 7.05 Å². The molecule has 0 saturated carbocycles. The predicted molar refractivity (Wildman–Crippen MR) is 60.3 cm³/mol. The molecular weight excluding hydrogens is 174 g/mol. The molecule has 0 radical (unpaired) electrons. The number of aryl methyl sites for hydroxylation is 1. The molecule has 0 spiro atoms. The summed E-state index contributed by atoms with van der Waals surface area (Å²) in [5.74, 6) is 1.39. The topological polar surface area (TPSA) is 43.8 Å². The molecule has 0 saturated heterocycles. The Labute approximate surface area is 86.3 Å². The number of anilines is 1. The van der Waals surface area contributed by atoms with Crippen LogP contribution in [-0.4, -0.2) is 9.78 Å². The quantitative estimate of drug-likeness (QED) is 0.802. The fraction of sp³-hybridized carbons (Fsp3) is 0.727. The van der Waals surface area contributed by atoms with Crippen molar-refractivity contribution in [2.45, 2.75) is 46.0 Å². The van der Waals surface area contributed by atoms with E-state index in [1.807, 2.05) is 7.05 Å². The van der Waals surface area contributed by atoms with E-state index in [-0.39, 0.29) is 0 Å². The van der Waals surface area contributed by atoms with E-state index in [1.54, 1.807) is 4.68 Å². The molecule has 80 valence electrons. The van der Waals surface area contributed by atoms with Gasteiger partial charge in [-0.15, -0.1) is 0 Å². The summed E-state index contributed by atoms with van der Waals surface area (Å²) in [6.07, 6.45) is 3.26. The Hall–Kier alpha value is -0.990. The summed E-state index contributed by atoms with van der Waals surface area (Å²) in [6.45, 7) is 6.55. The van der Waals surface area contributed by atoms with Crippen molar-refractivity contribution < 1.29 is 0 Å². The Morgan fingerprint density at radius 2 is 1.86 bits per heavy atom. The monoisotopic (exact) mass is 195 g/mol. The summed E-state index contributed by atoms with van der Waals surface area (Å²) >= 11 is 0. The molecule has 1 heterocycles. The summed E-state index contributed by atoms with van der Waals surface area (Å²) < 4.78 is 1.80. The number of hydrogen-bond acceptors (Lipinski definition) is 2. The molecule has 14 heavy (non-hydrogen) atoms. The summed E-state index contributed by atoms with van der Waals surface area (Å²) in [5.41, 5.74) is 8.40. The van der Waals surface area contributed by atoms with E-state index in [2.05, 4.69) is 25.9 Å². The van der Waals surface area contributed by atoms with Gasteiger partial charge < -0.3 is 5.73 Å². The molecule has 2 N–H and O–H groups in total. The third kappa shape index (κ3) is 1.76. The zero-order valence-corrected chi connectivity index (χ0v) is 9.67. The SMILES string of the molecule is CCc1c(C(CC)CC)nn(C)c1N. The lowest BCUT2D eigenvalue weighted by molar-refractivity contribution is 0.601. The summed E-state index contributed by atoms with van der Waals surface area (Å²) in [4.78, 5) is 0. The van der Waals surface area contributed by atoms with Crippen molar-refractivity contribution in [3.8, 4) is 0 Å². The van der Waals surface area contributed by atoms with Gasteiger partial charge in [0.25, 0.3) is 0 Å². The first-order chi connectivity index (χ1) is 6.65. The minimum absolute atomic E-state index is 0.563. The number of aromatic nitrogens is 2. The van der Waals surface area contributed by atoms with Crippen LogP contribution < -0.4 is 5.73 Å². The van der Waals surface area contributed by atoms with Crippen molar-refractivity contribution in [1.29, 1.82) is 0 Å². The van der Waals surface area contributed by atoms with Crippen LogP contribution in [0.15, 0.2) is 0 Å². The standard InChI is InChI=1S/C11H21N3/c1-5-8(6-2)10-9(7-3)11(12)14(4)13-10/h8H,5-7,12H2,1-4H3. The second kappa shape index (κ2) is 4.49. The van der Waals surface area contributed by atoms with Crippen LogP contribution in [0.4, 0.5) is 5.82 Å². The molecule has 1 rings (SSSR count). The molecule has 1 aromatic heterocycles. The summed E-state index contributed by atoms with van der Waals surface area (Å²) in [7, 11) is 1.92. The molecule has 0 bridgehead atoms. The predicted octanol–water partition coefficient (Wildman–Crippen LogP) is 2.47. The van der Waals surface area contributed by atoms with E-state index < -0.39 is 0 Å². The lowest BCUT2D eigenvalue weighted by atomic mass is 9.95. The molecule has 0 fully saturated rings. The molecule has 3 nitrogen and oxygen atoms in total. The zero-order valence-electron chi connectivity index (χ0n) is 9.67. The normalized spacial score (nSPS) is 11.2. The van der Waals surface area contributed by atoms with Crippen LogP contribution in [0.2, 0.25) is 0 Å². The van der Waals surface area contributed by atoms with Crippen LogP contribution in [0.5, 0.6) is 0 Å². The maximum absolute atomic E-state index is 5.96. The molecule has 0 aliphatic carbocycles.